The van der Waals surface area contributed by atoms with Crippen LogP contribution < -0.4 is 10.4 Å². The largest absolute Gasteiger partial charge is 0.407 e. The number of halogens is 2. The second-order valence-electron chi connectivity index (χ2n) is 7.08. The van der Waals surface area contributed by atoms with Gasteiger partial charge in [0.1, 0.15) is 0 Å². The Bertz CT molecular complexity index is 639. The zero-order valence-electron chi connectivity index (χ0n) is 15.1. The average molecular weight is 393 g/mol. The van der Waals surface area contributed by atoms with Crippen molar-refractivity contribution in [2.75, 3.05) is 12.5 Å². The van der Waals surface area contributed by atoms with Crippen LogP contribution in [0.4, 0.5) is 0 Å². The first-order chi connectivity index (χ1) is 11.9. The van der Waals surface area contributed by atoms with Crippen LogP contribution >= 0.6 is 23.2 Å². The molecule has 0 amide bonds. The van der Waals surface area contributed by atoms with Crippen molar-refractivity contribution in [1.29, 1.82) is 0 Å². The van der Waals surface area contributed by atoms with E-state index in [-0.39, 0.29) is 5.04 Å². The summed E-state index contributed by atoms with van der Waals surface area (Å²) in [6.07, 6.45) is 2.71. The molecule has 0 unspecified atom stereocenters. The predicted molar refractivity (Wildman–Crippen MR) is 113 cm³/mol. The van der Waals surface area contributed by atoms with Crippen molar-refractivity contribution in [3.8, 4) is 0 Å². The third kappa shape index (κ3) is 4.76. The van der Waals surface area contributed by atoms with Crippen LogP contribution in [0.3, 0.4) is 0 Å². The highest BCUT2D eigenvalue weighted by atomic mass is 35.5. The molecule has 134 valence electrons. The second-order valence-corrected chi connectivity index (χ2v) is 12.1. The topological polar surface area (TPSA) is 9.23 Å². The van der Waals surface area contributed by atoms with E-state index in [0.717, 1.165) is 6.42 Å². The van der Waals surface area contributed by atoms with Crippen LogP contribution in [0.5, 0.6) is 0 Å². The van der Waals surface area contributed by atoms with Gasteiger partial charge in [-0.15, -0.1) is 11.6 Å². The van der Waals surface area contributed by atoms with E-state index in [1.807, 2.05) is 6.08 Å². The fourth-order valence-electron chi connectivity index (χ4n) is 3.24. The van der Waals surface area contributed by atoms with Crippen molar-refractivity contribution >= 4 is 41.9 Å². The molecule has 25 heavy (non-hydrogen) atoms. The maximum Gasteiger partial charge on any atom is 0.261 e. The second kappa shape index (κ2) is 9.04. The standard InChI is InChI=1S/C21H26Cl2OSi/c1-21(2,3)25(19-12-6-4-7-13-19,20-14-8-5-9-15-20)24-16-10-11-18(23)17-22/h4-9,11-15H,10,16-17H2,1-3H3/b18-11+. The molecule has 0 radical (unpaired) electrons. The van der Waals surface area contributed by atoms with E-state index in [9.17, 15) is 0 Å². The van der Waals surface area contributed by atoms with Crippen molar-refractivity contribution in [2.45, 2.75) is 32.2 Å². The van der Waals surface area contributed by atoms with Gasteiger partial charge < -0.3 is 4.43 Å². The molecule has 1 nitrogen and oxygen atoms in total. The van der Waals surface area contributed by atoms with Crippen LogP contribution in [0.15, 0.2) is 71.8 Å². The summed E-state index contributed by atoms with van der Waals surface area (Å²) in [7, 11) is -2.44. The quantitative estimate of drug-likeness (QED) is 0.352. The molecule has 0 bridgehead atoms. The molecule has 0 atom stereocenters. The first-order valence-corrected chi connectivity index (χ1v) is 11.4. The van der Waals surface area contributed by atoms with E-state index in [0.29, 0.717) is 17.5 Å². The van der Waals surface area contributed by atoms with Crippen LogP contribution in [0.25, 0.3) is 0 Å². The molecule has 0 spiro atoms. The molecule has 4 heteroatoms. The fourth-order valence-corrected chi connectivity index (χ4v) is 8.04. The Morgan fingerprint density at radius 3 is 1.84 bits per heavy atom. The molecule has 0 aliphatic heterocycles. The minimum Gasteiger partial charge on any atom is -0.407 e. The molecule has 0 N–H and O–H groups in total. The Balaban J connectivity index is 2.46. The summed E-state index contributed by atoms with van der Waals surface area (Å²) in [6.45, 7) is 7.46. The highest BCUT2D eigenvalue weighted by Crippen LogP contribution is 2.36. The van der Waals surface area contributed by atoms with E-state index >= 15 is 0 Å². The summed E-state index contributed by atoms with van der Waals surface area (Å²) >= 11 is 11.8. The van der Waals surface area contributed by atoms with Crippen LogP contribution in [-0.2, 0) is 4.43 Å². The highest BCUT2D eigenvalue weighted by molar-refractivity contribution is 6.99. The van der Waals surface area contributed by atoms with Gasteiger partial charge in [0, 0.05) is 11.6 Å². The van der Waals surface area contributed by atoms with E-state index in [1.165, 1.54) is 10.4 Å². The number of hydrogen-bond acceptors (Lipinski definition) is 1. The zero-order valence-corrected chi connectivity index (χ0v) is 17.6. The molecule has 0 aromatic heterocycles. The average Bonchev–Trinajstić information content (AvgIpc) is 2.62. The van der Waals surface area contributed by atoms with Gasteiger partial charge in [-0.3, -0.25) is 0 Å². The molecular formula is C21H26Cl2OSi. The lowest BCUT2D eigenvalue weighted by atomic mass is 10.2. The molecular weight excluding hydrogens is 367 g/mol. The Labute approximate surface area is 162 Å². The monoisotopic (exact) mass is 392 g/mol. The van der Waals surface area contributed by atoms with Crippen LogP contribution in [0, 0.1) is 0 Å². The SMILES string of the molecule is CC(C)(C)[Si](OCC/C=C(/Cl)CCl)(c1ccccc1)c1ccccc1. The van der Waals surface area contributed by atoms with Crippen molar-refractivity contribution in [3.05, 3.63) is 71.8 Å². The molecule has 0 heterocycles. The molecule has 2 aromatic rings. The molecule has 2 rings (SSSR count). The van der Waals surface area contributed by atoms with Gasteiger partial charge in [-0.05, 0) is 21.8 Å². The Kier molecular flexibility index (Phi) is 7.33. The Morgan fingerprint density at radius 2 is 1.44 bits per heavy atom. The number of allylic oxidation sites excluding steroid dienone is 1. The minimum atomic E-state index is -2.44. The number of hydrogen-bond donors (Lipinski definition) is 0. The summed E-state index contributed by atoms with van der Waals surface area (Å²) in [6, 6.07) is 21.3. The summed E-state index contributed by atoms with van der Waals surface area (Å²) in [5, 5.41) is 3.25. The highest BCUT2D eigenvalue weighted by Gasteiger charge is 2.49. The summed E-state index contributed by atoms with van der Waals surface area (Å²) in [5.41, 5.74) is 0. The van der Waals surface area contributed by atoms with Gasteiger partial charge in [-0.2, -0.15) is 0 Å². The maximum atomic E-state index is 6.75. The Hall–Kier alpha value is -1.06. The molecule has 0 saturated carbocycles. The summed E-state index contributed by atoms with van der Waals surface area (Å²) in [5.74, 6) is 0.348. The van der Waals surface area contributed by atoms with Gasteiger partial charge in [0.25, 0.3) is 8.32 Å². The molecule has 0 aliphatic carbocycles. The van der Waals surface area contributed by atoms with Gasteiger partial charge >= 0.3 is 0 Å². The smallest absolute Gasteiger partial charge is 0.261 e. The maximum absolute atomic E-state index is 6.75. The van der Waals surface area contributed by atoms with Crippen molar-refractivity contribution in [1.82, 2.24) is 0 Å². The van der Waals surface area contributed by atoms with Gasteiger partial charge in [0.2, 0.25) is 0 Å². The lowest BCUT2D eigenvalue weighted by Gasteiger charge is -2.43. The third-order valence-corrected chi connectivity index (χ3v) is 10.1. The van der Waals surface area contributed by atoms with Gasteiger partial charge in [-0.25, -0.2) is 0 Å². The van der Waals surface area contributed by atoms with Gasteiger partial charge in [-0.1, -0.05) is 99.1 Å². The van der Waals surface area contributed by atoms with Crippen LogP contribution in [0.1, 0.15) is 27.2 Å². The van der Waals surface area contributed by atoms with Crippen molar-refractivity contribution in [2.24, 2.45) is 0 Å². The number of rotatable bonds is 7. The summed E-state index contributed by atoms with van der Waals surface area (Å²) < 4.78 is 6.75. The minimum absolute atomic E-state index is 0.00427. The van der Waals surface area contributed by atoms with Crippen LogP contribution in [0.2, 0.25) is 5.04 Å². The van der Waals surface area contributed by atoms with E-state index in [1.54, 1.807) is 0 Å². The first kappa shape index (κ1) is 20.3. The van der Waals surface area contributed by atoms with Crippen molar-refractivity contribution < 1.29 is 4.43 Å². The van der Waals surface area contributed by atoms with E-state index in [2.05, 4.69) is 81.4 Å². The Morgan fingerprint density at radius 1 is 0.960 bits per heavy atom. The number of alkyl halides is 1. The van der Waals surface area contributed by atoms with Crippen molar-refractivity contribution in [3.63, 3.8) is 0 Å². The number of benzene rings is 2. The van der Waals surface area contributed by atoms with Gasteiger partial charge in [0.05, 0.1) is 5.88 Å². The molecule has 2 aromatic carbocycles. The fraction of sp³-hybridized carbons (Fsp3) is 0.333. The zero-order chi connectivity index (χ0) is 18.3. The lowest BCUT2D eigenvalue weighted by molar-refractivity contribution is 0.304. The normalized spacial score (nSPS) is 13.1. The first-order valence-electron chi connectivity index (χ1n) is 8.57. The van der Waals surface area contributed by atoms with E-state index < -0.39 is 8.32 Å². The lowest BCUT2D eigenvalue weighted by Crippen LogP contribution is -2.66. The summed E-state index contributed by atoms with van der Waals surface area (Å²) in [4.78, 5) is 0. The van der Waals surface area contributed by atoms with Crippen LogP contribution in [-0.4, -0.2) is 20.8 Å². The van der Waals surface area contributed by atoms with E-state index in [4.69, 9.17) is 27.6 Å². The predicted octanol–water partition coefficient (Wildman–Crippen LogP) is 5.31. The van der Waals surface area contributed by atoms with Gasteiger partial charge in [0.15, 0.2) is 0 Å². The molecule has 0 aliphatic rings. The molecule has 0 fully saturated rings. The third-order valence-electron chi connectivity index (χ3n) is 4.35. The molecule has 0 saturated heterocycles.